The molecule has 0 aliphatic carbocycles. The van der Waals surface area contributed by atoms with E-state index in [2.05, 4.69) is 69.9 Å². The van der Waals surface area contributed by atoms with Crippen molar-refractivity contribution in [2.45, 2.75) is 25.0 Å². The Balaban J connectivity index is 1.67. The highest BCUT2D eigenvalue weighted by atomic mass is 127. The number of imidazole rings is 1. The first-order valence-corrected chi connectivity index (χ1v) is 9.81. The molecular formula is C20H22IN3O. The summed E-state index contributed by atoms with van der Waals surface area (Å²) < 4.78 is 7.78. The quantitative estimate of drug-likeness (QED) is 0.605. The Labute approximate surface area is 161 Å². The zero-order valence-electron chi connectivity index (χ0n) is 14.3. The number of aromatic nitrogens is 2. The van der Waals surface area contributed by atoms with E-state index in [-0.39, 0.29) is 12.2 Å². The van der Waals surface area contributed by atoms with Gasteiger partial charge < -0.3 is 14.6 Å². The summed E-state index contributed by atoms with van der Waals surface area (Å²) in [6.07, 6.45) is 2.25. The van der Waals surface area contributed by atoms with Gasteiger partial charge in [-0.25, -0.2) is 4.98 Å². The third kappa shape index (κ3) is 3.88. The zero-order valence-corrected chi connectivity index (χ0v) is 16.4. The van der Waals surface area contributed by atoms with E-state index in [9.17, 15) is 0 Å². The Hall–Kier alpha value is -1.44. The summed E-state index contributed by atoms with van der Waals surface area (Å²) in [4.78, 5) is 10.6. The number of rotatable bonds is 4. The second-order valence-corrected chi connectivity index (χ2v) is 7.96. The fraction of sp³-hybridized carbons (Fsp3) is 0.350. The van der Waals surface area contributed by atoms with E-state index < -0.39 is 0 Å². The third-order valence-corrected chi connectivity index (χ3v) is 5.47. The van der Waals surface area contributed by atoms with Crippen LogP contribution in [0.25, 0.3) is 11.0 Å². The van der Waals surface area contributed by atoms with Crippen LogP contribution in [-0.4, -0.2) is 41.1 Å². The first kappa shape index (κ1) is 17.0. The molecule has 1 aliphatic heterocycles. The molecule has 1 aromatic heterocycles. The predicted octanol–water partition coefficient (Wildman–Crippen LogP) is 4.37. The lowest BCUT2D eigenvalue weighted by atomic mass is 10.1. The summed E-state index contributed by atoms with van der Waals surface area (Å²) in [6.45, 7) is 2.17. The number of nitrogens with one attached hydrogen (secondary N) is 1. The molecule has 0 radical (unpaired) electrons. The largest absolute Gasteiger partial charge is 0.362 e. The van der Waals surface area contributed by atoms with Crippen molar-refractivity contribution in [2.24, 2.45) is 0 Å². The van der Waals surface area contributed by atoms with Crippen LogP contribution in [0.1, 0.15) is 30.3 Å². The van der Waals surface area contributed by atoms with E-state index >= 15 is 0 Å². The lowest BCUT2D eigenvalue weighted by Crippen LogP contribution is -2.35. The smallest absolute Gasteiger partial charge is 0.141 e. The number of halogens is 1. The molecule has 1 atom stereocenters. The number of likely N-dealkylation sites (tertiary alicyclic amines) is 1. The molecule has 4 rings (SSSR count). The van der Waals surface area contributed by atoms with Crippen LogP contribution in [0, 0.1) is 3.57 Å². The number of para-hydroxylation sites is 2. The van der Waals surface area contributed by atoms with Crippen molar-refractivity contribution in [3.63, 3.8) is 0 Å². The minimum absolute atomic E-state index is 0.157. The Morgan fingerprint density at radius 3 is 2.72 bits per heavy atom. The second kappa shape index (κ2) is 7.43. The van der Waals surface area contributed by atoms with E-state index in [4.69, 9.17) is 9.72 Å². The monoisotopic (exact) mass is 447 g/mol. The van der Waals surface area contributed by atoms with Crippen LogP contribution in [0.15, 0.2) is 48.5 Å². The first-order valence-electron chi connectivity index (χ1n) is 8.73. The van der Waals surface area contributed by atoms with Gasteiger partial charge in [0, 0.05) is 16.7 Å². The summed E-state index contributed by atoms with van der Waals surface area (Å²) in [5.41, 5.74) is 3.20. The Morgan fingerprint density at radius 1 is 1.16 bits per heavy atom. The number of nitrogens with zero attached hydrogens (tertiary/aromatic N) is 2. The molecule has 1 unspecified atom stereocenters. The van der Waals surface area contributed by atoms with Crippen LogP contribution < -0.4 is 0 Å². The average molecular weight is 447 g/mol. The highest BCUT2D eigenvalue weighted by Gasteiger charge is 2.25. The van der Waals surface area contributed by atoms with Crippen LogP contribution >= 0.6 is 22.6 Å². The molecule has 0 saturated carbocycles. The number of benzene rings is 2. The van der Waals surface area contributed by atoms with E-state index in [0.29, 0.717) is 0 Å². The van der Waals surface area contributed by atoms with E-state index in [1.807, 2.05) is 18.2 Å². The maximum absolute atomic E-state index is 6.57. The van der Waals surface area contributed by atoms with Crippen LogP contribution in [0.4, 0.5) is 0 Å². The standard InChI is InChI=1S/C20H22IN3O/c1-24-11-9-16(10-12-24)25-19(14-5-4-6-15(21)13-14)20-22-17-7-2-3-8-18(17)23-20/h2-8,13,16,19H,9-12H2,1H3,(H,22,23). The van der Waals surface area contributed by atoms with Crippen LogP contribution in [0.5, 0.6) is 0 Å². The average Bonchev–Trinajstić information content (AvgIpc) is 3.05. The molecule has 2 heterocycles. The molecule has 2 aromatic carbocycles. The van der Waals surface area contributed by atoms with Gasteiger partial charge in [-0.05, 0) is 72.3 Å². The molecule has 5 heteroatoms. The number of aromatic amines is 1. The molecule has 130 valence electrons. The third-order valence-electron chi connectivity index (χ3n) is 4.80. The second-order valence-electron chi connectivity index (χ2n) is 6.71. The van der Waals surface area contributed by atoms with Crippen molar-refractivity contribution in [1.82, 2.24) is 14.9 Å². The summed E-state index contributed by atoms with van der Waals surface area (Å²) in [6, 6.07) is 16.7. The van der Waals surface area contributed by atoms with Gasteiger partial charge in [0.05, 0.1) is 17.1 Å². The van der Waals surface area contributed by atoms with Gasteiger partial charge in [0.15, 0.2) is 0 Å². The maximum atomic E-state index is 6.57. The molecular weight excluding hydrogens is 425 g/mol. The van der Waals surface area contributed by atoms with Crippen molar-refractivity contribution >= 4 is 33.6 Å². The number of fused-ring (bicyclic) bond motifs is 1. The van der Waals surface area contributed by atoms with Gasteiger partial charge >= 0.3 is 0 Å². The van der Waals surface area contributed by atoms with Gasteiger partial charge in [-0.1, -0.05) is 24.3 Å². The predicted molar refractivity (Wildman–Crippen MR) is 109 cm³/mol. The Morgan fingerprint density at radius 2 is 1.96 bits per heavy atom. The highest BCUT2D eigenvalue weighted by molar-refractivity contribution is 14.1. The first-order chi connectivity index (χ1) is 12.2. The number of H-pyrrole nitrogens is 1. The van der Waals surface area contributed by atoms with Gasteiger partial charge in [-0.2, -0.15) is 0 Å². The Kier molecular flexibility index (Phi) is 5.05. The van der Waals surface area contributed by atoms with E-state index in [0.717, 1.165) is 48.4 Å². The van der Waals surface area contributed by atoms with Crippen molar-refractivity contribution < 1.29 is 4.74 Å². The molecule has 1 fully saturated rings. The maximum Gasteiger partial charge on any atom is 0.141 e. The molecule has 0 spiro atoms. The highest BCUT2D eigenvalue weighted by Crippen LogP contribution is 2.30. The van der Waals surface area contributed by atoms with E-state index in [1.54, 1.807) is 0 Å². The van der Waals surface area contributed by atoms with Crippen molar-refractivity contribution in [2.75, 3.05) is 20.1 Å². The summed E-state index contributed by atoms with van der Waals surface area (Å²) >= 11 is 2.35. The minimum Gasteiger partial charge on any atom is -0.362 e. The van der Waals surface area contributed by atoms with Crippen molar-refractivity contribution in [3.05, 3.63) is 63.5 Å². The molecule has 4 nitrogen and oxygen atoms in total. The van der Waals surface area contributed by atoms with Crippen LogP contribution in [0.3, 0.4) is 0 Å². The molecule has 3 aromatic rings. The van der Waals surface area contributed by atoms with Crippen molar-refractivity contribution in [1.29, 1.82) is 0 Å². The summed E-state index contributed by atoms with van der Waals surface area (Å²) in [5, 5.41) is 0. The van der Waals surface area contributed by atoms with Gasteiger partial charge in [0.25, 0.3) is 0 Å². The van der Waals surface area contributed by atoms with E-state index in [1.165, 1.54) is 3.57 Å². The fourth-order valence-electron chi connectivity index (χ4n) is 3.38. The lowest BCUT2D eigenvalue weighted by molar-refractivity contribution is -0.0264. The van der Waals surface area contributed by atoms with Gasteiger partial charge in [-0.15, -0.1) is 0 Å². The summed E-state index contributed by atoms with van der Waals surface area (Å²) in [5.74, 6) is 0.891. The Bertz CT molecular complexity index is 822. The molecule has 0 amide bonds. The van der Waals surface area contributed by atoms with Crippen molar-refractivity contribution in [3.8, 4) is 0 Å². The lowest BCUT2D eigenvalue weighted by Gasteiger charge is -2.31. The van der Waals surface area contributed by atoms with Gasteiger partial charge in [-0.3, -0.25) is 0 Å². The molecule has 1 aliphatic rings. The van der Waals surface area contributed by atoms with Gasteiger partial charge in [0.1, 0.15) is 11.9 Å². The molecule has 1 N–H and O–H groups in total. The molecule has 0 bridgehead atoms. The number of hydrogen-bond acceptors (Lipinski definition) is 3. The molecule has 25 heavy (non-hydrogen) atoms. The molecule has 1 saturated heterocycles. The topological polar surface area (TPSA) is 41.1 Å². The zero-order chi connectivity index (χ0) is 17.2. The normalized spacial score (nSPS) is 17.8. The van der Waals surface area contributed by atoms with Crippen LogP contribution in [0.2, 0.25) is 0 Å². The number of ether oxygens (including phenoxy) is 1. The number of piperidine rings is 1. The van der Waals surface area contributed by atoms with Crippen LogP contribution in [-0.2, 0) is 4.74 Å². The minimum atomic E-state index is -0.157. The van der Waals surface area contributed by atoms with Gasteiger partial charge in [0.2, 0.25) is 0 Å². The summed E-state index contributed by atoms with van der Waals surface area (Å²) in [7, 11) is 2.17. The fourth-order valence-corrected chi connectivity index (χ4v) is 3.95. The SMILES string of the molecule is CN1CCC(OC(c2cccc(I)c2)c2nc3ccccc3[nH]2)CC1. The number of hydrogen-bond donors (Lipinski definition) is 1.